The van der Waals surface area contributed by atoms with Gasteiger partial charge in [-0.25, -0.2) is 0 Å². The van der Waals surface area contributed by atoms with E-state index in [0.29, 0.717) is 5.76 Å². The van der Waals surface area contributed by atoms with E-state index in [1.165, 1.54) is 0 Å². The first-order valence-electron chi connectivity index (χ1n) is 4.72. The van der Waals surface area contributed by atoms with E-state index in [2.05, 4.69) is 0 Å². The van der Waals surface area contributed by atoms with Crippen molar-refractivity contribution >= 4 is 5.97 Å². The van der Waals surface area contributed by atoms with Crippen LogP contribution in [0.4, 0.5) is 0 Å². The summed E-state index contributed by atoms with van der Waals surface area (Å²) in [5, 5.41) is 0. The molecule has 0 amide bonds. The Balaban J connectivity index is 1.80. The molecule has 74 valence electrons. The summed E-state index contributed by atoms with van der Waals surface area (Å²) in [4.78, 5) is 11.4. The predicted octanol–water partition coefficient (Wildman–Crippen LogP) is 2.29. The minimum Gasteiger partial charge on any atom is -0.466 e. The molecule has 0 aromatic carbocycles. The minimum absolute atomic E-state index is 0.0510. The van der Waals surface area contributed by atoms with Gasteiger partial charge in [0.2, 0.25) is 0 Å². The molecule has 0 saturated carbocycles. The van der Waals surface area contributed by atoms with Gasteiger partial charge in [0.05, 0.1) is 12.2 Å². The standard InChI is InChI=1S/C11H12O3/c12-11(9-4-1-2-5-9)14-8-10-6-3-7-13-10/h1,3-4,6-7,9H,2,5,8H2/t9-/m1/s1. The summed E-state index contributed by atoms with van der Waals surface area (Å²) in [6.07, 6.45) is 7.33. The third-order valence-electron chi connectivity index (χ3n) is 2.25. The molecule has 1 atom stereocenters. The van der Waals surface area contributed by atoms with Gasteiger partial charge in [0.25, 0.3) is 0 Å². The summed E-state index contributed by atoms with van der Waals surface area (Å²) >= 11 is 0. The lowest BCUT2D eigenvalue weighted by Gasteiger charge is -2.06. The van der Waals surface area contributed by atoms with Crippen LogP contribution in [0.1, 0.15) is 18.6 Å². The van der Waals surface area contributed by atoms with Crippen molar-refractivity contribution in [3.8, 4) is 0 Å². The summed E-state index contributed by atoms with van der Waals surface area (Å²) in [7, 11) is 0. The van der Waals surface area contributed by atoms with E-state index in [1.54, 1.807) is 18.4 Å². The van der Waals surface area contributed by atoms with Crippen LogP contribution >= 0.6 is 0 Å². The maximum Gasteiger partial charge on any atom is 0.313 e. The molecule has 1 heterocycles. The second kappa shape index (κ2) is 4.13. The summed E-state index contributed by atoms with van der Waals surface area (Å²) in [5.41, 5.74) is 0. The molecule has 0 aliphatic heterocycles. The number of rotatable bonds is 3. The topological polar surface area (TPSA) is 39.4 Å². The summed E-state index contributed by atoms with van der Waals surface area (Å²) in [5.74, 6) is 0.473. The number of furan rings is 1. The molecular weight excluding hydrogens is 180 g/mol. The second-order valence-corrected chi connectivity index (χ2v) is 3.30. The first kappa shape index (κ1) is 9.06. The highest BCUT2D eigenvalue weighted by atomic mass is 16.5. The fraction of sp³-hybridized carbons (Fsp3) is 0.364. The van der Waals surface area contributed by atoms with Crippen LogP contribution in [0.25, 0.3) is 0 Å². The third kappa shape index (κ3) is 2.05. The molecule has 1 aliphatic carbocycles. The molecule has 2 rings (SSSR count). The monoisotopic (exact) mass is 192 g/mol. The van der Waals surface area contributed by atoms with Gasteiger partial charge in [-0.1, -0.05) is 12.2 Å². The lowest BCUT2D eigenvalue weighted by Crippen LogP contribution is -2.13. The van der Waals surface area contributed by atoms with Crippen molar-refractivity contribution in [3.05, 3.63) is 36.3 Å². The Kier molecular flexibility index (Phi) is 2.68. The molecule has 1 aliphatic rings. The lowest BCUT2D eigenvalue weighted by atomic mass is 10.1. The number of hydrogen-bond acceptors (Lipinski definition) is 3. The van der Waals surface area contributed by atoms with E-state index >= 15 is 0 Å². The van der Waals surface area contributed by atoms with E-state index in [-0.39, 0.29) is 18.5 Å². The Bertz CT molecular complexity index is 324. The SMILES string of the molecule is O=C(OCc1ccco1)[C@@H]1C=CCC1. The molecule has 0 N–H and O–H groups in total. The summed E-state index contributed by atoms with van der Waals surface area (Å²) in [6.45, 7) is 0.232. The van der Waals surface area contributed by atoms with Gasteiger partial charge in [-0.15, -0.1) is 0 Å². The van der Waals surface area contributed by atoms with Gasteiger partial charge in [0, 0.05) is 0 Å². The quantitative estimate of drug-likeness (QED) is 0.544. The van der Waals surface area contributed by atoms with Crippen LogP contribution in [-0.4, -0.2) is 5.97 Å². The number of ether oxygens (including phenoxy) is 1. The van der Waals surface area contributed by atoms with Gasteiger partial charge < -0.3 is 9.15 Å². The van der Waals surface area contributed by atoms with E-state index < -0.39 is 0 Å². The van der Waals surface area contributed by atoms with Gasteiger partial charge in [0.1, 0.15) is 12.4 Å². The van der Waals surface area contributed by atoms with Crippen molar-refractivity contribution in [1.82, 2.24) is 0 Å². The first-order valence-corrected chi connectivity index (χ1v) is 4.72. The van der Waals surface area contributed by atoms with E-state index in [0.717, 1.165) is 12.8 Å². The molecule has 3 nitrogen and oxygen atoms in total. The van der Waals surface area contributed by atoms with Crippen molar-refractivity contribution in [2.45, 2.75) is 19.4 Å². The van der Waals surface area contributed by atoms with Crippen molar-refractivity contribution < 1.29 is 13.9 Å². The molecule has 0 saturated heterocycles. The largest absolute Gasteiger partial charge is 0.466 e. The van der Waals surface area contributed by atoms with Gasteiger partial charge in [-0.05, 0) is 25.0 Å². The zero-order valence-corrected chi connectivity index (χ0v) is 7.81. The van der Waals surface area contributed by atoms with Crippen molar-refractivity contribution in [1.29, 1.82) is 0 Å². The Morgan fingerprint density at radius 1 is 1.64 bits per heavy atom. The van der Waals surface area contributed by atoms with Crippen LogP contribution in [0.2, 0.25) is 0 Å². The molecule has 0 fully saturated rings. The van der Waals surface area contributed by atoms with E-state index in [1.807, 2.05) is 12.2 Å². The Hall–Kier alpha value is -1.51. The van der Waals surface area contributed by atoms with Gasteiger partial charge in [-0.3, -0.25) is 4.79 Å². The Labute approximate surface area is 82.4 Å². The number of allylic oxidation sites excluding steroid dienone is 1. The molecule has 0 spiro atoms. The van der Waals surface area contributed by atoms with E-state index in [9.17, 15) is 4.79 Å². The van der Waals surface area contributed by atoms with Gasteiger partial charge >= 0.3 is 5.97 Å². The van der Waals surface area contributed by atoms with E-state index in [4.69, 9.17) is 9.15 Å². The highest BCUT2D eigenvalue weighted by molar-refractivity contribution is 5.74. The lowest BCUT2D eigenvalue weighted by molar-refractivity contribution is -0.148. The number of hydrogen-bond donors (Lipinski definition) is 0. The maximum atomic E-state index is 11.4. The van der Waals surface area contributed by atoms with Crippen molar-refractivity contribution in [2.24, 2.45) is 5.92 Å². The molecule has 14 heavy (non-hydrogen) atoms. The predicted molar refractivity (Wildman–Crippen MR) is 50.4 cm³/mol. The van der Waals surface area contributed by atoms with Crippen LogP contribution in [-0.2, 0) is 16.1 Å². The highest BCUT2D eigenvalue weighted by Gasteiger charge is 2.19. The van der Waals surface area contributed by atoms with Crippen LogP contribution in [0, 0.1) is 5.92 Å². The van der Waals surface area contributed by atoms with Crippen LogP contribution in [0.15, 0.2) is 35.0 Å². The second-order valence-electron chi connectivity index (χ2n) is 3.30. The van der Waals surface area contributed by atoms with Gasteiger partial charge in [-0.2, -0.15) is 0 Å². The Morgan fingerprint density at radius 3 is 3.21 bits per heavy atom. The fourth-order valence-corrected chi connectivity index (χ4v) is 1.47. The zero-order chi connectivity index (χ0) is 9.80. The molecule has 0 unspecified atom stereocenters. The van der Waals surface area contributed by atoms with Crippen LogP contribution in [0.5, 0.6) is 0 Å². The summed E-state index contributed by atoms with van der Waals surface area (Å²) < 4.78 is 10.1. The number of carbonyl (C=O) groups excluding carboxylic acids is 1. The first-order chi connectivity index (χ1) is 6.86. The molecular formula is C11H12O3. The highest BCUT2D eigenvalue weighted by Crippen LogP contribution is 2.18. The number of carbonyl (C=O) groups is 1. The van der Waals surface area contributed by atoms with Crippen molar-refractivity contribution in [3.63, 3.8) is 0 Å². The van der Waals surface area contributed by atoms with Crippen molar-refractivity contribution in [2.75, 3.05) is 0 Å². The molecule has 0 radical (unpaired) electrons. The Morgan fingerprint density at radius 2 is 2.57 bits per heavy atom. The molecule has 0 bridgehead atoms. The average Bonchev–Trinajstić information content (AvgIpc) is 2.87. The molecule has 3 heteroatoms. The maximum absolute atomic E-state index is 11.4. The third-order valence-corrected chi connectivity index (χ3v) is 2.25. The van der Waals surface area contributed by atoms with Gasteiger partial charge in [0.15, 0.2) is 0 Å². The zero-order valence-electron chi connectivity index (χ0n) is 7.81. The smallest absolute Gasteiger partial charge is 0.313 e. The number of esters is 1. The fourth-order valence-electron chi connectivity index (χ4n) is 1.47. The van der Waals surface area contributed by atoms with Crippen LogP contribution in [0.3, 0.4) is 0 Å². The van der Waals surface area contributed by atoms with Crippen LogP contribution < -0.4 is 0 Å². The summed E-state index contributed by atoms with van der Waals surface area (Å²) in [6, 6.07) is 3.57. The normalized spacial score (nSPS) is 19.9. The minimum atomic E-state index is -0.157. The average molecular weight is 192 g/mol. The molecule has 1 aromatic heterocycles. The molecule has 1 aromatic rings.